The Labute approximate surface area is 149 Å². The van der Waals surface area contributed by atoms with Crippen LogP contribution in [-0.2, 0) is 9.47 Å². The number of urea groups is 1. The Bertz CT molecular complexity index is 571. The molecule has 6 nitrogen and oxygen atoms in total. The van der Waals surface area contributed by atoms with E-state index in [-0.39, 0.29) is 17.7 Å². The van der Waals surface area contributed by atoms with Gasteiger partial charge in [0, 0.05) is 13.7 Å². The lowest BCUT2D eigenvalue weighted by molar-refractivity contribution is -0.141. The fraction of sp³-hybridized carbons (Fsp3) is 0.632. The van der Waals surface area contributed by atoms with Crippen LogP contribution >= 0.6 is 0 Å². The van der Waals surface area contributed by atoms with Crippen LogP contribution in [0, 0.1) is 0 Å². The number of methoxy groups -OCH3 is 1. The predicted octanol–water partition coefficient (Wildman–Crippen LogP) is 2.74. The van der Waals surface area contributed by atoms with E-state index in [9.17, 15) is 4.79 Å². The second kappa shape index (κ2) is 8.06. The number of hydrogen-bond acceptors (Lipinski definition) is 4. The van der Waals surface area contributed by atoms with Gasteiger partial charge in [-0.15, -0.1) is 0 Å². The fourth-order valence-electron chi connectivity index (χ4n) is 3.48. The van der Waals surface area contributed by atoms with E-state index < -0.39 is 0 Å². The minimum absolute atomic E-state index is 0.0505. The molecule has 2 amide bonds. The first kappa shape index (κ1) is 18.0. The van der Waals surface area contributed by atoms with Crippen molar-refractivity contribution in [1.29, 1.82) is 0 Å². The van der Waals surface area contributed by atoms with Crippen molar-refractivity contribution >= 4 is 6.03 Å². The number of ether oxygens (including phenoxy) is 3. The zero-order valence-electron chi connectivity index (χ0n) is 15.1. The van der Waals surface area contributed by atoms with Crippen LogP contribution in [0.25, 0.3) is 0 Å². The molecular weight excluding hydrogens is 320 g/mol. The summed E-state index contributed by atoms with van der Waals surface area (Å²) < 4.78 is 16.7. The molecule has 1 heterocycles. The summed E-state index contributed by atoms with van der Waals surface area (Å²) in [7, 11) is 1.64. The molecule has 2 fully saturated rings. The second-order valence-electron chi connectivity index (χ2n) is 6.77. The summed E-state index contributed by atoms with van der Waals surface area (Å²) in [6, 6.07) is 7.56. The molecule has 2 aliphatic rings. The molecule has 0 unspecified atom stereocenters. The lowest BCUT2D eigenvalue weighted by atomic mass is 9.79. The van der Waals surface area contributed by atoms with Crippen LogP contribution in [0.15, 0.2) is 24.3 Å². The van der Waals surface area contributed by atoms with Crippen molar-refractivity contribution in [3.8, 4) is 5.75 Å². The standard InChI is InChI=1S/C19H28N2O4/c1-3-24-16-7-5-15(6-8-16)17(13-23-2)20-18(22)21-11-12-25-19(14-21)9-4-10-19/h5-8,17H,3-4,9-14H2,1-2H3,(H,20,22)/t17-/m0/s1. The molecule has 1 atom stereocenters. The van der Waals surface area contributed by atoms with Crippen LogP contribution < -0.4 is 10.1 Å². The van der Waals surface area contributed by atoms with Crippen LogP contribution in [0.1, 0.15) is 37.8 Å². The van der Waals surface area contributed by atoms with Crippen LogP contribution in [-0.4, -0.2) is 56.6 Å². The zero-order valence-corrected chi connectivity index (χ0v) is 15.1. The predicted molar refractivity (Wildman–Crippen MR) is 94.9 cm³/mol. The molecule has 3 rings (SSSR count). The average Bonchev–Trinajstić information content (AvgIpc) is 2.61. The van der Waals surface area contributed by atoms with Gasteiger partial charge in [-0.05, 0) is 43.9 Å². The van der Waals surface area contributed by atoms with E-state index in [0.29, 0.717) is 32.9 Å². The fourth-order valence-corrected chi connectivity index (χ4v) is 3.48. The molecule has 6 heteroatoms. The summed E-state index contributed by atoms with van der Waals surface area (Å²) in [5, 5.41) is 3.11. The maximum Gasteiger partial charge on any atom is 0.318 e. The van der Waals surface area contributed by atoms with Gasteiger partial charge < -0.3 is 24.4 Å². The van der Waals surface area contributed by atoms with Gasteiger partial charge in [0.1, 0.15) is 5.75 Å². The molecule has 1 saturated heterocycles. The van der Waals surface area contributed by atoms with E-state index in [2.05, 4.69) is 5.32 Å². The minimum Gasteiger partial charge on any atom is -0.494 e. The molecule has 0 radical (unpaired) electrons. The van der Waals surface area contributed by atoms with Crippen molar-refractivity contribution in [3.05, 3.63) is 29.8 Å². The molecule has 0 aromatic heterocycles. The Morgan fingerprint density at radius 2 is 2.12 bits per heavy atom. The van der Waals surface area contributed by atoms with Gasteiger partial charge in [0.15, 0.2) is 0 Å². The Balaban J connectivity index is 1.63. The minimum atomic E-state index is -0.187. The first-order valence-electron chi connectivity index (χ1n) is 9.07. The van der Waals surface area contributed by atoms with Gasteiger partial charge in [-0.25, -0.2) is 4.79 Å². The maximum absolute atomic E-state index is 12.7. The lowest BCUT2D eigenvalue weighted by Gasteiger charge is -2.48. The highest BCUT2D eigenvalue weighted by molar-refractivity contribution is 5.75. The van der Waals surface area contributed by atoms with Gasteiger partial charge >= 0.3 is 6.03 Å². The SMILES string of the molecule is CCOc1ccc([C@H](COC)NC(=O)N2CCOC3(CCC3)C2)cc1. The summed E-state index contributed by atoms with van der Waals surface area (Å²) in [6.45, 7) is 4.95. The highest BCUT2D eigenvalue weighted by Crippen LogP contribution is 2.38. The average molecular weight is 348 g/mol. The molecule has 1 spiro atoms. The van der Waals surface area contributed by atoms with Gasteiger partial charge in [-0.3, -0.25) is 0 Å². The number of carbonyl (C=O) groups excluding carboxylic acids is 1. The van der Waals surface area contributed by atoms with Gasteiger partial charge in [0.2, 0.25) is 0 Å². The normalized spacial score (nSPS) is 20.0. The molecule has 25 heavy (non-hydrogen) atoms. The molecule has 1 saturated carbocycles. The van der Waals surface area contributed by atoms with Crippen LogP contribution in [0.3, 0.4) is 0 Å². The third-order valence-corrected chi connectivity index (χ3v) is 5.02. The van der Waals surface area contributed by atoms with Crippen molar-refractivity contribution in [1.82, 2.24) is 10.2 Å². The summed E-state index contributed by atoms with van der Waals surface area (Å²) in [5.74, 6) is 0.828. The number of rotatable bonds is 6. The lowest BCUT2D eigenvalue weighted by Crippen LogP contribution is -2.59. The first-order valence-corrected chi connectivity index (χ1v) is 9.07. The smallest absolute Gasteiger partial charge is 0.318 e. The van der Waals surface area contributed by atoms with E-state index >= 15 is 0 Å². The van der Waals surface area contributed by atoms with E-state index in [1.54, 1.807) is 7.11 Å². The van der Waals surface area contributed by atoms with Crippen molar-refractivity contribution in [2.75, 3.05) is 40.0 Å². The summed E-state index contributed by atoms with van der Waals surface area (Å²) in [5.41, 5.74) is 0.913. The number of morpholine rings is 1. The maximum atomic E-state index is 12.7. The van der Waals surface area contributed by atoms with E-state index in [4.69, 9.17) is 14.2 Å². The van der Waals surface area contributed by atoms with Crippen LogP contribution in [0.2, 0.25) is 0 Å². The number of carbonyl (C=O) groups is 1. The molecule has 1 N–H and O–H groups in total. The molecule has 1 aromatic rings. The molecule has 138 valence electrons. The number of hydrogen-bond donors (Lipinski definition) is 1. The summed E-state index contributed by atoms with van der Waals surface area (Å²) in [6.07, 6.45) is 3.29. The van der Waals surface area contributed by atoms with Gasteiger partial charge in [-0.1, -0.05) is 12.1 Å². The van der Waals surface area contributed by atoms with Crippen LogP contribution in [0.5, 0.6) is 5.75 Å². The molecule has 0 bridgehead atoms. The topological polar surface area (TPSA) is 60.0 Å². The Kier molecular flexibility index (Phi) is 5.81. The number of nitrogens with zero attached hydrogens (tertiary/aromatic N) is 1. The van der Waals surface area contributed by atoms with E-state index in [1.807, 2.05) is 36.1 Å². The first-order chi connectivity index (χ1) is 12.2. The van der Waals surface area contributed by atoms with Crippen molar-refractivity contribution < 1.29 is 19.0 Å². The van der Waals surface area contributed by atoms with Gasteiger partial charge in [0.25, 0.3) is 0 Å². The van der Waals surface area contributed by atoms with Gasteiger partial charge in [-0.2, -0.15) is 0 Å². The highest BCUT2D eigenvalue weighted by atomic mass is 16.5. The second-order valence-corrected chi connectivity index (χ2v) is 6.77. The highest BCUT2D eigenvalue weighted by Gasteiger charge is 2.43. The van der Waals surface area contributed by atoms with Crippen molar-refractivity contribution in [2.24, 2.45) is 0 Å². The Morgan fingerprint density at radius 3 is 2.72 bits per heavy atom. The van der Waals surface area contributed by atoms with E-state index in [0.717, 1.165) is 24.2 Å². The summed E-state index contributed by atoms with van der Waals surface area (Å²) >= 11 is 0. The molecular formula is C19H28N2O4. The number of benzene rings is 1. The Hall–Kier alpha value is -1.79. The van der Waals surface area contributed by atoms with Crippen LogP contribution in [0.4, 0.5) is 4.79 Å². The third kappa shape index (κ3) is 4.25. The zero-order chi connectivity index (χ0) is 17.7. The summed E-state index contributed by atoms with van der Waals surface area (Å²) in [4.78, 5) is 14.6. The van der Waals surface area contributed by atoms with Crippen molar-refractivity contribution in [2.45, 2.75) is 37.8 Å². The number of nitrogens with one attached hydrogen (secondary N) is 1. The molecule has 1 aliphatic heterocycles. The van der Waals surface area contributed by atoms with E-state index in [1.165, 1.54) is 6.42 Å². The Morgan fingerprint density at radius 1 is 1.36 bits per heavy atom. The monoisotopic (exact) mass is 348 g/mol. The third-order valence-electron chi connectivity index (χ3n) is 5.02. The van der Waals surface area contributed by atoms with Gasteiger partial charge in [0.05, 0.1) is 38.0 Å². The largest absolute Gasteiger partial charge is 0.494 e. The molecule has 1 aliphatic carbocycles. The number of amides is 2. The molecule has 1 aromatic carbocycles. The quantitative estimate of drug-likeness (QED) is 0.859. The van der Waals surface area contributed by atoms with Crippen molar-refractivity contribution in [3.63, 3.8) is 0 Å².